The van der Waals surface area contributed by atoms with Crippen LogP contribution in [0.25, 0.3) is 0 Å². The third-order valence-corrected chi connectivity index (χ3v) is 5.56. The van der Waals surface area contributed by atoms with Gasteiger partial charge in [-0.15, -0.1) is 0 Å². The number of rotatable bonds is 6. The van der Waals surface area contributed by atoms with Gasteiger partial charge in [0.1, 0.15) is 0 Å². The van der Waals surface area contributed by atoms with Crippen molar-refractivity contribution in [2.24, 2.45) is 0 Å². The maximum absolute atomic E-state index is 13.4. The minimum Gasteiger partial charge on any atom is -0.395 e. The van der Waals surface area contributed by atoms with Gasteiger partial charge in [0.15, 0.2) is 11.6 Å². The molecule has 4 nitrogen and oxygen atoms in total. The molecule has 0 radical (unpaired) electrons. The molecule has 0 amide bonds. The summed E-state index contributed by atoms with van der Waals surface area (Å²) in [6, 6.07) is 4.93. The van der Waals surface area contributed by atoms with E-state index in [9.17, 15) is 13.9 Å². The summed E-state index contributed by atoms with van der Waals surface area (Å²) in [6.45, 7) is 4.96. The lowest BCUT2D eigenvalue weighted by atomic mass is 10.0. The van der Waals surface area contributed by atoms with Crippen LogP contribution in [0, 0.1) is 11.6 Å². The van der Waals surface area contributed by atoms with Gasteiger partial charge in [0.2, 0.25) is 0 Å². The molecule has 1 atom stereocenters. The van der Waals surface area contributed by atoms with Crippen molar-refractivity contribution >= 4 is 5.69 Å². The standard InChI is InChI=1S/C19H29F2N3O/c20-18-5-4-16(13-19(18)21)24-10-6-15(7-11-24)22-8-12-23-9-2-1-3-17(23)14-25/h4-5,13,15,17,22,25H,1-3,6-12,14H2. The molecule has 1 aromatic rings. The van der Waals surface area contributed by atoms with Crippen LogP contribution in [0.2, 0.25) is 0 Å². The molecular formula is C19H29F2N3O. The second-order valence-electron chi connectivity index (χ2n) is 7.18. The van der Waals surface area contributed by atoms with Gasteiger partial charge in [-0.05, 0) is 44.4 Å². The number of likely N-dealkylation sites (tertiary alicyclic amines) is 1. The smallest absolute Gasteiger partial charge is 0.160 e. The van der Waals surface area contributed by atoms with Crippen molar-refractivity contribution < 1.29 is 13.9 Å². The highest BCUT2D eigenvalue weighted by Crippen LogP contribution is 2.22. The van der Waals surface area contributed by atoms with Gasteiger partial charge in [-0.1, -0.05) is 6.42 Å². The van der Waals surface area contributed by atoms with Crippen molar-refractivity contribution in [3.63, 3.8) is 0 Å². The zero-order valence-electron chi connectivity index (χ0n) is 14.8. The Morgan fingerprint density at radius 2 is 1.84 bits per heavy atom. The number of hydrogen-bond acceptors (Lipinski definition) is 4. The van der Waals surface area contributed by atoms with Crippen molar-refractivity contribution in [2.45, 2.75) is 44.2 Å². The Morgan fingerprint density at radius 3 is 2.56 bits per heavy atom. The van der Waals surface area contributed by atoms with E-state index in [2.05, 4.69) is 15.1 Å². The van der Waals surface area contributed by atoms with Crippen LogP contribution in [0.4, 0.5) is 14.5 Å². The summed E-state index contributed by atoms with van der Waals surface area (Å²) in [5, 5.41) is 13.1. The SMILES string of the molecule is OCC1CCCCN1CCNC1CCN(c2ccc(F)c(F)c2)CC1. The fourth-order valence-electron chi connectivity index (χ4n) is 4.00. The molecular weight excluding hydrogens is 324 g/mol. The van der Waals surface area contributed by atoms with E-state index >= 15 is 0 Å². The molecule has 0 aliphatic carbocycles. The summed E-state index contributed by atoms with van der Waals surface area (Å²) in [5.41, 5.74) is 0.761. The van der Waals surface area contributed by atoms with Crippen molar-refractivity contribution in [3.8, 4) is 0 Å². The maximum Gasteiger partial charge on any atom is 0.160 e. The minimum atomic E-state index is -0.792. The van der Waals surface area contributed by atoms with Crippen LogP contribution >= 0.6 is 0 Å². The van der Waals surface area contributed by atoms with E-state index in [1.165, 1.54) is 25.0 Å². The van der Waals surface area contributed by atoms with Gasteiger partial charge in [0.25, 0.3) is 0 Å². The Bertz CT molecular complexity index is 549. The molecule has 2 saturated heterocycles. The first-order chi connectivity index (χ1) is 12.2. The number of hydrogen-bond donors (Lipinski definition) is 2. The Hall–Kier alpha value is -1.24. The van der Waals surface area contributed by atoms with E-state index in [0.717, 1.165) is 57.7 Å². The van der Waals surface area contributed by atoms with Gasteiger partial charge >= 0.3 is 0 Å². The van der Waals surface area contributed by atoms with Gasteiger partial charge in [0.05, 0.1) is 6.61 Å². The third-order valence-electron chi connectivity index (χ3n) is 5.56. The molecule has 1 unspecified atom stereocenters. The number of nitrogens with one attached hydrogen (secondary N) is 1. The fourth-order valence-corrected chi connectivity index (χ4v) is 4.00. The normalized spacial score (nSPS) is 23.2. The van der Waals surface area contributed by atoms with Crippen LogP contribution in [0.3, 0.4) is 0 Å². The average Bonchev–Trinajstić information content (AvgIpc) is 2.65. The van der Waals surface area contributed by atoms with E-state index in [0.29, 0.717) is 12.1 Å². The largest absolute Gasteiger partial charge is 0.395 e. The summed E-state index contributed by atoms with van der Waals surface area (Å²) >= 11 is 0. The van der Waals surface area contributed by atoms with Crippen LogP contribution in [0.15, 0.2) is 18.2 Å². The molecule has 2 fully saturated rings. The number of aliphatic hydroxyl groups is 1. The lowest BCUT2D eigenvalue weighted by molar-refractivity contribution is 0.0901. The predicted molar refractivity (Wildman–Crippen MR) is 95.9 cm³/mol. The highest BCUT2D eigenvalue weighted by atomic mass is 19.2. The minimum absolute atomic E-state index is 0.257. The summed E-state index contributed by atoms with van der Waals surface area (Å²) in [7, 11) is 0. The fraction of sp³-hybridized carbons (Fsp3) is 0.684. The van der Waals surface area contributed by atoms with Gasteiger partial charge in [0, 0.05) is 50.0 Å². The molecule has 2 aliphatic rings. The first-order valence-electron chi connectivity index (χ1n) is 9.45. The van der Waals surface area contributed by atoms with Crippen molar-refractivity contribution in [1.29, 1.82) is 0 Å². The lowest BCUT2D eigenvalue weighted by Gasteiger charge is -2.36. The number of benzene rings is 1. The summed E-state index contributed by atoms with van der Waals surface area (Å²) < 4.78 is 26.4. The van der Waals surface area contributed by atoms with Gasteiger partial charge in [-0.25, -0.2) is 8.78 Å². The van der Waals surface area contributed by atoms with E-state index in [4.69, 9.17) is 0 Å². The summed E-state index contributed by atoms with van der Waals surface area (Å²) in [4.78, 5) is 4.51. The topological polar surface area (TPSA) is 38.7 Å². The van der Waals surface area contributed by atoms with Gasteiger partial charge in [-0.3, -0.25) is 4.90 Å². The third kappa shape index (κ3) is 4.90. The number of anilines is 1. The molecule has 0 aromatic heterocycles. The van der Waals surface area contributed by atoms with Crippen molar-refractivity contribution in [3.05, 3.63) is 29.8 Å². The van der Waals surface area contributed by atoms with Crippen LogP contribution in [-0.2, 0) is 0 Å². The second kappa shape index (κ2) is 8.92. The molecule has 0 bridgehead atoms. The van der Waals surface area contributed by atoms with Crippen molar-refractivity contribution in [1.82, 2.24) is 10.2 Å². The molecule has 2 heterocycles. The van der Waals surface area contributed by atoms with Crippen LogP contribution in [0.1, 0.15) is 32.1 Å². The zero-order valence-corrected chi connectivity index (χ0v) is 14.8. The molecule has 140 valence electrons. The van der Waals surface area contributed by atoms with Gasteiger partial charge < -0.3 is 15.3 Å². The Balaban J connectivity index is 1.39. The number of halogens is 2. The lowest BCUT2D eigenvalue weighted by Crippen LogP contribution is -2.48. The number of nitrogens with zero attached hydrogens (tertiary/aromatic N) is 2. The van der Waals surface area contributed by atoms with Crippen LogP contribution in [0.5, 0.6) is 0 Å². The first-order valence-corrected chi connectivity index (χ1v) is 9.45. The monoisotopic (exact) mass is 353 g/mol. The number of aliphatic hydroxyl groups excluding tert-OH is 1. The number of piperidine rings is 2. The van der Waals surface area contributed by atoms with Crippen molar-refractivity contribution in [2.75, 3.05) is 44.2 Å². The van der Waals surface area contributed by atoms with E-state index in [-0.39, 0.29) is 6.61 Å². The first kappa shape index (κ1) is 18.5. The molecule has 6 heteroatoms. The second-order valence-corrected chi connectivity index (χ2v) is 7.18. The maximum atomic E-state index is 13.4. The van der Waals surface area contributed by atoms with Gasteiger partial charge in [-0.2, -0.15) is 0 Å². The summed E-state index contributed by atoms with van der Waals surface area (Å²) in [6.07, 6.45) is 5.55. The Labute approximate surface area is 148 Å². The Morgan fingerprint density at radius 1 is 1.04 bits per heavy atom. The highest BCUT2D eigenvalue weighted by Gasteiger charge is 2.23. The van der Waals surface area contributed by atoms with Crippen LogP contribution < -0.4 is 10.2 Å². The van der Waals surface area contributed by atoms with Crippen LogP contribution in [-0.4, -0.2) is 61.4 Å². The highest BCUT2D eigenvalue weighted by molar-refractivity contribution is 5.47. The average molecular weight is 353 g/mol. The summed E-state index contributed by atoms with van der Waals surface area (Å²) in [5.74, 6) is -1.57. The molecule has 0 spiro atoms. The molecule has 3 rings (SSSR count). The zero-order chi connectivity index (χ0) is 17.6. The molecule has 1 aromatic carbocycles. The molecule has 25 heavy (non-hydrogen) atoms. The molecule has 2 aliphatic heterocycles. The van der Waals surface area contributed by atoms with E-state index in [1.54, 1.807) is 6.07 Å². The van der Waals surface area contributed by atoms with E-state index in [1.807, 2.05) is 0 Å². The predicted octanol–water partition coefficient (Wildman–Crippen LogP) is 2.37. The molecule has 0 saturated carbocycles. The quantitative estimate of drug-likeness (QED) is 0.824. The Kier molecular flexibility index (Phi) is 6.62. The molecule has 2 N–H and O–H groups in total. The van der Waals surface area contributed by atoms with E-state index < -0.39 is 11.6 Å².